The van der Waals surface area contributed by atoms with Crippen molar-refractivity contribution in [3.63, 3.8) is 0 Å². The molecule has 0 bridgehead atoms. The van der Waals surface area contributed by atoms with E-state index in [0.717, 1.165) is 24.7 Å². The van der Waals surface area contributed by atoms with Crippen molar-refractivity contribution in [2.24, 2.45) is 4.99 Å². The normalized spacial score (nSPS) is 12.2. The van der Waals surface area contributed by atoms with Crippen LogP contribution >= 0.6 is 46.7 Å². The summed E-state index contributed by atoms with van der Waals surface area (Å²) in [6.45, 7) is 13.2. The lowest BCUT2D eigenvalue weighted by atomic mass is 9.91. The van der Waals surface area contributed by atoms with Crippen LogP contribution in [0.4, 0.5) is 0 Å². The number of thiophene rings is 1. The summed E-state index contributed by atoms with van der Waals surface area (Å²) in [7, 11) is 0. The molecule has 0 atom stereocenters. The molecule has 7 heteroatoms. The molecule has 0 aliphatic carbocycles. The predicted molar refractivity (Wildman–Crippen MR) is 122 cm³/mol. The first kappa shape index (κ1) is 22.4. The van der Waals surface area contributed by atoms with Crippen molar-refractivity contribution in [2.75, 3.05) is 13.1 Å². The average Bonchev–Trinajstić information content (AvgIpc) is 3.21. The number of aromatic nitrogens is 1. The van der Waals surface area contributed by atoms with Crippen molar-refractivity contribution in [1.29, 1.82) is 0 Å². The molecule has 0 aromatic carbocycles. The number of rotatable bonds is 7. The van der Waals surface area contributed by atoms with Gasteiger partial charge < -0.3 is 10.6 Å². The Balaban J connectivity index is 0.00000312. The zero-order chi connectivity index (χ0) is 17.6. The van der Waals surface area contributed by atoms with Crippen molar-refractivity contribution in [3.05, 3.63) is 38.5 Å². The van der Waals surface area contributed by atoms with Gasteiger partial charge in [0.15, 0.2) is 5.96 Å². The van der Waals surface area contributed by atoms with Gasteiger partial charge in [-0.15, -0.1) is 46.7 Å². The summed E-state index contributed by atoms with van der Waals surface area (Å²) in [4.78, 5) is 10.7. The monoisotopic (exact) mass is 492 g/mol. The third-order valence-electron chi connectivity index (χ3n) is 3.69. The first-order chi connectivity index (χ1) is 11.4. The molecule has 2 N–H and O–H groups in total. The van der Waals surface area contributed by atoms with Gasteiger partial charge in [-0.25, -0.2) is 9.98 Å². The van der Waals surface area contributed by atoms with Gasteiger partial charge in [-0.3, -0.25) is 0 Å². The first-order valence-electron chi connectivity index (χ1n) is 8.43. The molecule has 2 rings (SSSR count). The molecular formula is C18H29IN4S2. The molecule has 0 unspecified atom stereocenters. The quantitative estimate of drug-likeness (QED) is 0.326. The van der Waals surface area contributed by atoms with E-state index in [1.54, 1.807) is 22.7 Å². The first-order valence-corrected chi connectivity index (χ1v) is 10.2. The molecule has 140 valence electrons. The van der Waals surface area contributed by atoms with Crippen LogP contribution in [0, 0.1) is 0 Å². The van der Waals surface area contributed by atoms with Crippen molar-refractivity contribution in [2.45, 2.75) is 52.5 Å². The summed E-state index contributed by atoms with van der Waals surface area (Å²) in [5.74, 6) is 1.33. The molecule has 0 radical (unpaired) electrons. The van der Waals surface area contributed by atoms with Gasteiger partial charge in [-0.2, -0.15) is 0 Å². The second-order valence-corrected chi connectivity index (χ2v) is 8.58. The number of nitrogens with one attached hydrogen (secondary N) is 2. The SMILES string of the molecule is CCNC(=NCc1csc(C(C)C)n1)NCC(C)(C)c1cccs1.I. The standard InChI is InChI=1S/C18H28N4S2.HI/c1-6-19-17(20-10-14-11-24-16(22-14)13(2)3)21-12-18(4,5)15-8-7-9-23-15;/h7-9,11,13H,6,10,12H2,1-5H3,(H2,19,20,21);1H. The second-order valence-electron chi connectivity index (χ2n) is 6.74. The van der Waals surface area contributed by atoms with Crippen molar-refractivity contribution in [3.8, 4) is 0 Å². The molecule has 0 amide bonds. The maximum atomic E-state index is 4.68. The summed E-state index contributed by atoms with van der Waals surface area (Å²) in [5, 5.41) is 12.2. The molecule has 2 aromatic rings. The van der Waals surface area contributed by atoms with E-state index in [9.17, 15) is 0 Å². The highest BCUT2D eigenvalue weighted by molar-refractivity contribution is 14.0. The van der Waals surface area contributed by atoms with Gasteiger partial charge in [-0.1, -0.05) is 33.8 Å². The molecule has 0 aliphatic heterocycles. The third kappa shape index (κ3) is 6.86. The molecule has 0 saturated heterocycles. The number of thiazole rings is 1. The van der Waals surface area contributed by atoms with E-state index in [-0.39, 0.29) is 29.4 Å². The fourth-order valence-electron chi connectivity index (χ4n) is 2.22. The molecule has 0 fully saturated rings. The molecule has 0 spiro atoms. The Bertz CT molecular complexity index is 648. The van der Waals surface area contributed by atoms with Crippen LogP contribution in [0.2, 0.25) is 0 Å². The van der Waals surface area contributed by atoms with E-state index in [4.69, 9.17) is 0 Å². The van der Waals surface area contributed by atoms with E-state index in [1.165, 1.54) is 9.88 Å². The number of guanidine groups is 1. The van der Waals surface area contributed by atoms with Gasteiger partial charge >= 0.3 is 0 Å². The van der Waals surface area contributed by atoms with Gasteiger partial charge in [-0.05, 0) is 18.4 Å². The molecule has 0 aliphatic rings. The Morgan fingerprint density at radius 1 is 1.28 bits per heavy atom. The van der Waals surface area contributed by atoms with Crippen LogP contribution in [0.25, 0.3) is 0 Å². The van der Waals surface area contributed by atoms with Crippen LogP contribution in [-0.2, 0) is 12.0 Å². The Morgan fingerprint density at radius 2 is 2.04 bits per heavy atom. The lowest BCUT2D eigenvalue weighted by Crippen LogP contribution is -2.43. The van der Waals surface area contributed by atoms with E-state index in [2.05, 4.69) is 78.1 Å². The van der Waals surface area contributed by atoms with Crippen LogP contribution in [0.3, 0.4) is 0 Å². The zero-order valence-electron chi connectivity index (χ0n) is 15.6. The van der Waals surface area contributed by atoms with Gasteiger partial charge in [0.2, 0.25) is 0 Å². The molecule has 25 heavy (non-hydrogen) atoms. The summed E-state index contributed by atoms with van der Waals surface area (Å²) in [6, 6.07) is 4.30. The summed E-state index contributed by atoms with van der Waals surface area (Å²) < 4.78 is 0. The maximum Gasteiger partial charge on any atom is 0.191 e. The van der Waals surface area contributed by atoms with E-state index in [1.807, 2.05) is 0 Å². The highest BCUT2D eigenvalue weighted by Gasteiger charge is 2.21. The fourth-order valence-corrected chi connectivity index (χ4v) is 3.90. The molecule has 2 aromatic heterocycles. The van der Waals surface area contributed by atoms with Crippen LogP contribution in [-0.4, -0.2) is 24.0 Å². The fraction of sp³-hybridized carbons (Fsp3) is 0.556. The minimum Gasteiger partial charge on any atom is -0.357 e. The lowest BCUT2D eigenvalue weighted by Gasteiger charge is -2.25. The third-order valence-corrected chi connectivity index (χ3v) is 6.12. The van der Waals surface area contributed by atoms with Crippen molar-refractivity contribution in [1.82, 2.24) is 15.6 Å². The largest absolute Gasteiger partial charge is 0.357 e. The number of hydrogen-bond acceptors (Lipinski definition) is 4. The van der Waals surface area contributed by atoms with Gasteiger partial charge in [0.25, 0.3) is 0 Å². The Kier molecular flexibility index (Phi) is 9.37. The average molecular weight is 492 g/mol. The Morgan fingerprint density at radius 3 is 2.60 bits per heavy atom. The van der Waals surface area contributed by atoms with Gasteiger partial charge in [0.1, 0.15) is 0 Å². The van der Waals surface area contributed by atoms with Crippen LogP contribution in [0.15, 0.2) is 27.9 Å². The lowest BCUT2D eigenvalue weighted by molar-refractivity contribution is 0.518. The number of aliphatic imine (C=N–C) groups is 1. The van der Waals surface area contributed by atoms with Crippen LogP contribution < -0.4 is 10.6 Å². The summed E-state index contributed by atoms with van der Waals surface area (Å²) in [6.07, 6.45) is 0. The molecule has 2 heterocycles. The molecular weight excluding hydrogens is 463 g/mol. The second kappa shape index (κ2) is 10.5. The Hall–Kier alpha value is -0.670. The van der Waals surface area contributed by atoms with Crippen molar-refractivity contribution < 1.29 is 0 Å². The molecule has 0 saturated carbocycles. The zero-order valence-corrected chi connectivity index (χ0v) is 19.6. The molecule has 4 nitrogen and oxygen atoms in total. The van der Waals surface area contributed by atoms with E-state index in [0.29, 0.717) is 12.5 Å². The Labute approximate surface area is 176 Å². The van der Waals surface area contributed by atoms with E-state index < -0.39 is 0 Å². The summed E-state index contributed by atoms with van der Waals surface area (Å²) >= 11 is 3.52. The van der Waals surface area contributed by atoms with Crippen molar-refractivity contribution >= 4 is 52.6 Å². The van der Waals surface area contributed by atoms with E-state index >= 15 is 0 Å². The minimum absolute atomic E-state index is 0. The predicted octanol–water partition coefficient (Wildman–Crippen LogP) is 4.98. The van der Waals surface area contributed by atoms with Crippen LogP contribution in [0.5, 0.6) is 0 Å². The number of nitrogens with zero attached hydrogens (tertiary/aromatic N) is 2. The van der Waals surface area contributed by atoms with Crippen LogP contribution in [0.1, 0.15) is 56.1 Å². The maximum absolute atomic E-state index is 4.68. The van der Waals surface area contributed by atoms with Gasteiger partial charge in [0, 0.05) is 34.7 Å². The number of hydrogen-bond donors (Lipinski definition) is 2. The smallest absolute Gasteiger partial charge is 0.191 e. The minimum atomic E-state index is 0. The summed E-state index contributed by atoms with van der Waals surface area (Å²) in [5.41, 5.74) is 1.12. The highest BCUT2D eigenvalue weighted by Crippen LogP contribution is 2.26. The van der Waals surface area contributed by atoms with Gasteiger partial charge in [0.05, 0.1) is 17.2 Å². The topological polar surface area (TPSA) is 49.3 Å². The number of halogens is 1. The highest BCUT2D eigenvalue weighted by atomic mass is 127.